The lowest BCUT2D eigenvalue weighted by molar-refractivity contribution is -0.0747. The second-order valence-electron chi connectivity index (χ2n) is 13.4. The third-order valence-corrected chi connectivity index (χ3v) is 11.3. The summed E-state index contributed by atoms with van der Waals surface area (Å²) in [6.45, 7) is 0.114. The molecule has 7 aromatic rings. The smallest absolute Gasteiger partial charge is 0.256 e. The molecule has 8 rings (SSSR count). The van der Waals surface area contributed by atoms with E-state index in [-0.39, 0.29) is 28.7 Å². The van der Waals surface area contributed by atoms with Crippen molar-refractivity contribution in [1.82, 2.24) is 19.5 Å². The maximum absolute atomic E-state index is 13.8. The molecule has 5 aromatic carbocycles. The second kappa shape index (κ2) is 16.8. The zero-order chi connectivity index (χ0) is 39.2. The summed E-state index contributed by atoms with van der Waals surface area (Å²) in [5, 5.41) is 2.48. The summed E-state index contributed by atoms with van der Waals surface area (Å²) in [7, 11) is 3.28. The van der Waals surface area contributed by atoms with Crippen molar-refractivity contribution in [3.8, 4) is 11.5 Å². The van der Waals surface area contributed by atoms with Gasteiger partial charge in [-0.2, -0.15) is 0 Å². The summed E-state index contributed by atoms with van der Waals surface area (Å²) in [4.78, 5) is 40.3. The number of fused-ring (bicyclic) bond motifs is 1. The monoisotopic (exact) mass is 777 g/mol. The Balaban J connectivity index is 1.15. The van der Waals surface area contributed by atoms with Gasteiger partial charge in [0.1, 0.15) is 29.7 Å². The molecule has 1 aliphatic rings. The molecule has 286 valence electrons. The number of benzene rings is 5. The van der Waals surface area contributed by atoms with E-state index in [1.165, 1.54) is 18.1 Å². The molecule has 1 fully saturated rings. The molecule has 0 aliphatic carbocycles. The molecule has 3 atom stereocenters. The predicted octanol–water partition coefficient (Wildman–Crippen LogP) is 8.33. The van der Waals surface area contributed by atoms with E-state index in [2.05, 4.69) is 20.3 Å². The second-order valence-corrected chi connectivity index (χ2v) is 14.6. The Kier molecular flexibility index (Phi) is 11.1. The first-order chi connectivity index (χ1) is 28.0. The largest absolute Gasteiger partial charge is 0.497 e. The summed E-state index contributed by atoms with van der Waals surface area (Å²) < 4.78 is 27.0. The number of methoxy groups -OCH3 is 2. The zero-order valence-corrected chi connectivity index (χ0v) is 32.0. The highest BCUT2D eigenvalue weighted by atomic mass is 32.2. The first-order valence-electron chi connectivity index (χ1n) is 18.4. The van der Waals surface area contributed by atoms with E-state index in [0.717, 1.165) is 16.7 Å². The maximum atomic E-state index is 13.8. The Morgan fingerprint density at radius 3 is 1.89 bits per heavy atom. The van der Waals surface area contributed by atoms with Gasteiger partial charge in [-0.05, 0) is 53.1 Å². The van der Waals surface area contributed by atoms with Crippen LogP contribution in [0.5, 0.6) is 11.5 Å². The van der Waals surface area contributed by atoms with Gasteiger partial charge in [-0.15, -0.1) is 0 Å². The lowest BCUT2D eigenvalue weighted by Crippen LogP contribution is -2.37. The van der Waals surface area contributed by atoms with Crippen molar-refractivity contribution in [3.05, 3.63) is 180 Å². The fourth-order valence-corrected chi connectivity index (χ4v) is 8.23. The van der Waals surface area contributed by atoms with Crippen LogP contribution in [0.15, 0.2) is 152 Å². The van der Waals surface area contributed by atoms with E-state index in [4.69, 9.17) is 18.9 Å². The molecule has 0 unspecified atom stereocenters. The number of thioether (sulfide) groups is 1. The summed E-state index contributed by atoms with van der Waals surface area (Å²) in [5.74, 6) is 1.40. The van der Waals surface area contributed by atoms with E-state index in [0.29, 0.717) is 40.2 Å². The Morgan fingerprint density at radius 2 is 1.30 bits per heavy atom. The highest BCUT2D eigenvalue weighted by Gasteiger charge is 2.43. The van der Waals surface area contributed by atoms with E-state index in [9.17, 15) is 9.59 Å². The summed E-state index contributed by atoms with van der Waals surface area (Å²) in [6.07, 6.45) is 2.35. The molecule has 57 heavy (non-hydrogen) atoms. The van der Waals surface area contributed by atoms with Crippen LogP contribution < -0.4 is 14.8 Å². The molecule has 1 aliphatic heterocycles. The Morgan fingerprint density at radius 1 is 0.737 bits per heavy atom. The number of aromatic nitrogens is 4. The van der Waals surface area contributed by atoms with Gasteiger partial charge in [0.15, 0.2) is 17.0 Å². The highest BCUT2D eigenvalue weighted by Crippen LogP contribution is 2.44. The van der Waals surface area contributed by atoms with Crippen LogP contribution in [0.25, 0.3) is 11.2 Å². The van der Waals surface area contributed by atoms with Gasteiger partial charge in [0, 0.05) is 22.8 Å². The van der Waals surface area contributed by atoms with Crippen LogP contribution in [-0.4, -0.2) is 62.7 Å². The molecule has 12 heteroatoms. The number of nitrogens with one attached hydrogen (secondary N) is 1. The SMILES string of the molecule is COc1ccc(C(OC[C@H]2O[C@@H](n3cnc4c(NC(=O)c5ccccc5)ncnc43)C[C@@H]2SC(=O)c2ccccc2)(c2ccccc2)c2ccc(OC)cc2)cc1. The van der Waals surface area contributed by atoms with Crippen LogP contribution >= 0.6 is 11.8 Å². The molecular weight excluding hydrogens is 739 g/mol. The average molecular weight is 778 g/mol. The van der Waals surface area contributed by atoms with Gasteiger partial charge < -0.3 is 24.3 Å². The Bertz CT molecular complexity index is 2400. The van der Waals surface area contributed by atoms with Crippen molar-refractivity contribution in [1.29, 1.82) is 0 Å². The minimum absolute atomic E-state index is 0.0711. The molecule has 2 aromatic heterocycles. The van der Waals surface area contributed by atoms with Crippen molar-refractivity contribution in [2.75, 3.05) is 26.1 Å². The van der Waals surface area contributed by atoms with Gasteiger partial charge >= 0.3 is 0 Å². The Labute approximate surface area is 334 Å². The van der Waals surface area contributed by atoms with Crippen molar-refractivity contribution < 1.29 is 28.5 Å². The van der Waals surface area contributed by atoms with Gasteiger partial charge in [-0.25, -0.2) is 15.0 Å². The molecule has 0 radical (unpaired) electrons. The van der Waals surface area contributed by atoms with Crippen LogP contribution in [-0.2, 0) is 15.1 Å². The summed E-state index contributed by atoms with van der Waals surface area (Å²) >= 11 is 1.23. The van der Waals surface area contributed by atoms with Gasteiger partial charge in [-0.1, -0.05) is 115 Å². The van der Waals surface area contributed by atoms with E-state index < -0.39 is 17.9 Å². The number of hydrogen-bond donors (Lipinski definition) is 1. The van der Waals surface area contributed by atoms with Crippen LogP contribution in [0.3, 0.4) is 0 Å². The van der Waals surface area contributed by atoms with Crippen LogP contribution in [0.1, 0.15) is 50.1 Å². The standard InChI is InChI=1S/C45H39N5O6S/c1-53-35-22-18-33(19-23-35)45(32-16-10-5-11-17-32,34-20-24-36(54-2)25-21-34)55-27-37-38(57-44(52)31-14-8-4-9-15-31)26-39(56-37)50-29-48-40-41(46-28-47-42(40)50)49-43(51)30-12-6-3-7-13-30/h3-25,28-29,37-39H,26-27H2,1-2H3,(H,46,47,49,51)/t37-,38+,39-/m1/s1. The molecule has 1 amide bonds. The third-order valence-electron chi connectivity index (χ3n) is 10.0. The van der Waals surface area contributed by atoms with Crippen molar-refractivity contribution in [2.24, 2.45) is 0 Å². The number of ether oxygens (including phenoxy) is 4. The normalized spacial score (nSPS) is 16.6. The number of hydrogen-bond acceptors (Lipinski definition) is 10. The fourth-order valence-electron chi connectivity index (χ4n) is 7.13. The van der Waals surface area contributed by atoms with Crippen molar-refractivity contribution in [3.63, 3.8) is 0 Å². The molecule has 11 nitrogen and oxygen atoms in total. The Hall–Kier alpha value is -6.34. The molecule has 3 heterocycles. The number of amides is 1. The van der Waals surface area contributed by atoms with E-state index >= 15 is 0 Å². The number of nitrogens with zero attached hydrogens (tertiary/aromatic N) is 4. The van der Waals surface area contributed by atoms with E-state index in [1.807, 2.05) is 120 Å². The molecule has 1 N–H and O–H groups in total. The first kappa shape index (κ1) is 37.6. The number of imidazole rings is 1. The van der Waals surface area contributed by atoms with Gasteiger partial charge in [0.25, 0.3) is 5.91 Å². The lowest BCUT2D eigenvalue weighted by atomic mass is 9.80. The zero-order valence-electron chi connectivity index (χ0n) is 31.2. The topological polar surface area (TPSA) is 127 Å². The van der Waals surface area contributed by atoms with Crippen LogP contribution in [0.2, 0.25) is 0 Å². The third kappa shape index (κ3) is 7.75. The van der Waals surface area contributed by atoms with Crippen molar-refractivity contribution in [2.45, 2.75) is 29.6 Å². The number of carbonyl (C=O) groups excluding carboxylic acids is 2. The summed E-state index contributed by atoms with van der Waals surface area (Å²) in [5.41, 5.74) is 3.54. The fraction of sp³-hybridized carbons (Fsp3) is 0.178. The first-order valence-corrected chi connectivity index (χ1v) is 19.3. The van der Waals surface area contributed by atoms with Gasteiger partial charge in [-0.3, -0.25) is 14.2 Å². The summed E-state index contributed by atoms with van der Waals surface area (Å²) in [6, 6.07) is 43.8. The number of carbonyl (C=O) groups is 2. The molecule has 0 bridgehead atoms. The van der Waals surface area contributed by atoms with Crippen molar-refractivity contribution >= 4 is 39.8 Å². The number of anilines is 1. The van der Waals surface area contributed by atoms with E-state index in [1.54, 1.807) is 44.8 Å². The lowest BCUT2D eigenvalue weighted by Gasteiger charge is -2.37. The van der Waals surface area contributed by atoms with Crippen LogP contribution in [0, 0.1) is 0 Å². The van der Waals surface area contributed by atoms with Gasteiger partial charge in [0.2, 0.25) is 5.12 Å². The molecule has 1 saturated heterocycles. The average Bonchev–Trinajstić information content (AvgIpc) is 3.89. The highest BCUT2D eigenvalue weighted by molar-refractivity contribution is 8.14. The number of rotatable bonds is 13. The predicted molar refractivity (Wildman–Crippen MR) is 219 cm³/mol. The van der Waals surface area contributed by atoms with Crippen LogP contribution in [0.4, 0.5) is 5.82 Å². The minimum atomic E-state index is -1.10. The molecule has 0 saturated carbocycles. The van der Waals surface area contributed by atoms with Gasteiger partial charge in [0.05, 0.1) is 33.3 Å². The maximum Gasteiger partial charge on any atom is 0.256 e. The molecular formula is C45H39N5O6S. The quantitative estimate of drug-likeness (QED) is 0.114. The minimum Gasteiger partial charge on any atom is -0.497 e. The molecule has 0 spiro atoms.